The molecule has 0 saturated carbocycles. The number of aliphatic imine (C=N–C) groups is 1. The molecular formula is C20H26IN3O2. The lowest BCUT2D eigenvalue weighted by Crippen LogP contribution is -2.41. The molecule has 140 valence electrons. The van der Waals surface area contributed by atoms with Gasteiger partial charge in [-0.05, 0) is 24.1 Å². The minimum absolute atomic E-state index is 0. The highest BCUT2D eigenvalue weighted by molar-refractivity contribution is 14.0. The summed E-state index contributed by atoms with van der Waals surface area (Å²) < 4.78 is 11.1. The van der Waals surface area contributed by atoms with Crippen LogP contribution in [0.3, 0.4) is 0 Å². The van der Waals surface area contributed by atoms with Gasteiger partial charge in [-0.2, -0.15) is 0 Å². The van der Waals surface area contributed by atoms with Gasteiger partial charge in [0.25, 0.3) is 0 Å². The zero-order valence-electron chi connectivity index (χ0n) is 15.3. The molecule has 0 saturated heterocycles. The Balaban J connectivity index is 0.00000243. The summed E-state index contributed by atoms with van der Waals surface area (Å²) in [4.78, 5) is 6.64. The van der Waals surface area contributed by atoms with Crippen molar-refractivity contribution in [3.05, 3.63) is 59.7 Å². The topological polar surface area (TPSA) is 46.1 Å². The van der Waals surface area contributed by atoms with E-state index in [9.17, 15) is 0 Å². The standard InChI is InChI=1S/C20H25N3O2.HI/c1-21-20(23-13-11-16-7-3-5-9-18(16)23)22-12-14-25-15-17-8-4-6-10-19(17)24-2;/h3-10H,11-15H2,1-2H3,(H,21,22);1H. The van der Waals surface area contributed by atoms with E-state index >= 15 is 0 Å². The number of nitrogens with zero attached hydrogens (tertiary/aromatic N) is 2. The molecule has 1 heterocycles. The molecule has 0 atom stereocenters. The van der Waals surface area contributed by atoms with Gasteiger partial charge in [-0.1, -0.05) is 36.4 Å². The summed E-state index contributed by atoms with van der Waals surface area (Å²) in [5.74, 6) is 1.76. The molecular weight excluding hydrogens is 441 g/mol. The summed E-state index contributed by atoms with van der Waals surface area (Å²) >= 11 is 0. The molecule has 0 aliphatic carbocycles. The van der Waals surface area contributed by atoms with Crippen molar-refractivity contribution in [3.8, 4) is 5.75 Å². The Hall–Kier alpha value is -1.80. The van der Waals surface area contributed by atoms with Gasteiger partial charge in [-0.15, -0.1) is 24.0 Å². The molecule has 0 radical (unpaired) electrons. The molecule has 26 heavy (non-hydrogen) atoms. The average molecular weight is 467 g/mol. The van der Waals surface area contributed by atoms with E-state index in [4.69, 9.17) is 9.47 Å². The fourth-order valence-corrected chi connectivity index (χ4v) is 3.09. The van der Waals surface area contributed by atoms with E-state index in [2.05, 4.69) is 39.5 Å². The van der Waals surface area contributed by atoms with Crippen molar-refractivity contribution in [1.29, 1.82) is 0 Å². The van der Waals surface area contributed by atoms with Crippen molar-refractivity contribution in [2.75, 3.05) is 38.8 Å². The lowest BCUT2D eigenvalue weighted by molar-refractivity contribution is 0.123. The smallest absolute Gasteiger partial charge is 0.198 e. The molecule has 0 spiro atoms. The lowest BCUT2D eigenvalue weighted by atomic mass is 10.2. The highest BCUT2D eigenvalue weighted by atomic mass is 127. The molecule has 5 nitrogen and oxygen atoms in total. The zero-order valence-corrected chi connectivity index (χ0v) is 17.6. The summed E-state index contributed by atoms with van der Waals surface area (Å²) in [5, 5.41) is 3.39. The predicted octanol–water partition coefficient (Wildman–Crippen LogP) is 3.47. The third-order valence-corrected chi connectivity index (χ3v) is 4.33. The molecule has 0 amide bonds. The molecule has 0 aromatic heterocycles. The van der Waals surface area contributed by atoms with Crippen LogP contribution in [0.5, 0.6) is 5.75 Å². The lowest BCUT2D eigenvalue weighted by Gasteiger charge is -2.22. The number of halogens is 1. The van der Waals surface area contributed by atoms with Gasteiger partial charge in [-0.3, -0.25) is 4.99 Å². The number of fused-ring (bicyclic) bond motifs is 1. The molecule has 1 aliphatic heterocycles. The molecule has 1 aliphatic rings. The van der Waals surface area contributed by atoms with Gasteiger partial charge in [0.05, 0.1) is 20.3 Å². The number of hydrogen-bond acceptors (Lipinski definition) is 3. The Bertz CT molecular complexity index is 737. The predicted molar refractivity (Wildman–Crippen MR) is 117 cm³/mol. The quantitative estimate of drug-likeness (QED) is 0.306. The first-order chi connectivity index (χ1) is 12.3. The van der Waals surface area contributed by atoms with E-state index in [1.165, 1.54) is 11.3 Å². The average Bonchev–Trinajstić information content (AvgIpc) is 3.09. The van der Waals surface area contributed by atoms with E-state index in [1.807, 2.05) is 31.3 Å². The van der Waals surface area contributed by atoms with Crippen LogP contribution in [0.2, 0.25) is 0 Å². The molecule has 3 rings (SSSR count). The third-order valence-electron chi connectivity index (χ3n) is 4.33. The summed E-state index contributed by atoms with van der Waals surface area (Å²) in [6.07, 6.45) is 1.06. The first-order valence-corrected chi connectivity index (χ1v) is 8.59. The van der Waals surface area contributed by atoms with Gasteiger partial charge >= 0.3 is 0 Å². The number of hydrogen-bond donors (Lipinski definition) is 1. The first kappa shape index (κ1) is 20.5. The van der Waals surface area contributed by atoms with E-state index in [-0.39, 0.29) is 24.0 Å². The van der Waals surface area contributed by atoms with E-state index in [0.29, 0.717) is 19.8 Å². The SMILES string of the molecule is CN=C(NCCOCc1ccccc1OC)N1CCc2ccccc21.I. The molecule has 6 heteroatoms. The van der Waals surface area contributed by atoms with Crippen LogP contribution in [0.4, 0.5) is 5.69 Å². The van der Waals surface area contributed by atoms with Gasteiger partial charge in [0.1, 0.15) is 5.75 Å². The van der Waals surface area contributed by atoms with E-state index in [1.54, 1.807) is 7.11 Å². The van der Waals surface area contributed by atoms with Gasteiger partial charge in [0, 0.05) is 31.4 Å². The van der Waals surface area contributed by atoms with Crippen LogP contribution in [0.1, 0.15) is 11.1 Å². The molecule has 2 aromatic carbocycles. The maximum absolute atomic E-state index is 5.77. The Morgan fingerprint density at radius 2 is 1.92 bits per heavy atom. The third kappa shape index (κ3) is 4.88. The molecule has 0 unspecified atom stereocenters. The normalized spacial score (nSPS) is 13.2. The summed E-state index contributed by atoms with van der Waals surface area (Å²) in [7, 11) is 3.50. The van der Waals surface area contributed by atoms with Crippen molar-refractivity contribution in [1.82, 2.24) is 5.32 Å². The van der Waals surface area contributed by atoms with Crippen LogP contribution in [0, 0.1) is 0 Å². The number of methoxy groups -OCH3 is 1. The first-order valence-electron chi connectivity index (χ1n) is 8.59. The number of rotatable bonds is 6. The van der Waals surface area contributed by atoms with Crippen molar-refractivity contribution in [3.63, 3.8) is 0 Å². The monoisotopic (exact) mass is 467 g/mol. The van der Waals surface area contributed by atoms with Gasteiger partial charge in [0.2, 0.25) is 0 Å². The van der Waals surface area contributed by atoms with Gasteiger partial charge in [0.15, 0.2) is 5.96 Å². The Kier molecular flexibility index (Phi) is 8.18. The maximum atomic E-state index is 5.77. The van der Waals surface area contributed by atoms with Crippen molar-refractivity contribution >= 4 is 35.6 Å². The highest BCUT2D eigenvalue weighted by Crippen LogP contribution is 2.27. The van der Waals surface area contributed by atoms with E-state index < -0.39 is 0 Å². The maximum Gasteiger partial charge on any atom is 0.198 e. The second-order valence-electron chi connectivity index (χ2n) is 5.87. The molecule has 0 bridgehead atoms. The number of nitrogens with one attached hydrogen (secondary N) is 1. The van der Waals surface area contributed by atoms with Crippen LogP contribution in [-0.4, -0.2) is 39.8 Å². The number of para-hydroxylation sites is 2. The fourth-order valence-electron chi connectivity index (χ4n) is 3.09. The highest BCUT2D eigenvalue weighted by Gasteiger charge is 2.21. The Morgan fingerprint density at radius 3 is 2.73 bits per heavy atom. The Labute approximate surface area is 172 Å². The van der Waals surface area contributed by atoms with Crippen molar-refractivity contribution in [2.24, 2.45) is 4.99 Å². The number of anilines is 1. The minimum Gasteiger partial charge on any atom is -0.496 e. The number of benzene rings is 2. The summed E-state index contributed by atoms with van der Waals surface area (Å²) in [6, 6.07) is 16.4. The second kappa shape index (κ2) is 10.4. The van der Waals surface area contributed by atoms with Gasteiger partial charge in [-0.25, -0.2) is 0 Å². The van der Waals surface area contributed by atoms with Crippen molar-refractivity contribution < 1.29 is 9.47 Å². The summed E-state index contributed by atoms with van der Waals surface area (Å²) in [5.41, 5.74) is 3.67. The molecule has 1 N–H and O–H groups in total. The minimum atomic E-state index is 0. The van der Waals surface area contributed by atoms with Gasteiger partial charge < -0.3 is 19.7 Å². The van der Waals surface area contributed by atoms with Crippen LogP contribution < -0.4 is 15.0 Å². The number of guanidine groups is 1. The molecule has 0 fully saturated rings. The summed E-state index contributed by atoms with van der Waals surface area (Å²) in [6.45, 7) is 2.81. The van der Waals surface area contributed by atoms with Crippen LogP contribution in [-0.2, 0) is 17.8 Å². The fraction of sp³-hybridized carbons (Fsp3) is 0.350. The van der Waals surface area contributed by atoms with Crippen molar-refractivity contribution in [2.45, 2.75) is 13.0 Å². The van der Waals surface area contributed by atoms with E-state index in [0.717, 1.165) is 30.2 Å². The van der Waals surface area contributed by atoms with Crippen LogP contribution >= 0.6 is 24.0 Å². The van der Waals surface area contributed by atoms with Crippen LogP contribution in [0.25, 0.3) is 0 Å². The second-order valence-corrected chi connectivity index (χ2v) is 5.87. The zero-order chi connectivity index (χ0) is 17.5. The van der Waals surface area contributed by atoms with Crippen LogP contribution in [0.15, 0.2) is 53.5 Å². The molecule has 2 aromatic rings. The largest absolute Gasteiger partial charge is 0.496 e. The Morgan fingerprint density at radius 1 is 1.15 bits per heavy atom. The number of ether oxygens (including phenoxy) is 2.